The van der Waals surface area contributed by atoms with Gasteiger partial charge in [0.2, 0.25) is 11.8 Å². The molecule has 1 fully saturated rings. The highest BCUT2D eigenvalue weighted by Gasteiger charge is 2.32. The summed E-state index contributed by atoms with van der Waals surface area (Å²) in [6.07, 6.45) is 4.98. The second kappa shape index (κ2) is 10.7. The summed E-state index contributed by atoms with van der Waals surface area (Å²) in [7, 11) is 3.19. The third kappa shape index (κ3) is 5.68. The maximum Gasteiger partial charge on any atom is 0.247 e. The van der Waals surface area contributed by atoms with E-state index in [1.807, 2.05) is 23.1 Å². The molecule has 2 aromatic carbocycles. The van der Waals surface area contributed by atoms with Gasteiger partial charge in [0, 0.05) is 30.0 Å². The zero-order valence-corrected chi connectivity index (χ0v) is 20.5. The van der Waals surface area contributed by atoms with Crippen LogP contribution in [0.15, 0.2) is 53.9 Å². The first-order chi connectivity index (χ1) is 16.9. The van der Waals surface area contributed by atoms with E-state index in [0.29, 0.717) is 28.9 Å². The first-order valence-electron chi connectivity index (χ1n) is 11.1. The highest BCUT2D eigenvalue weighted by Crippen LogP contribution is 2.33. The standard InChI is InChI=1S/C26H26FN3O4S/c1-17(31)30(23-7-5-4-6-22(23)27)26-28-19(16-35-26)8-13-25(32)29(20-9-10-20)15-18-14-21(33-2)11-12-24(18)34-3/h4-8,11-14,16,20H,9-10,15H2,1-3H3/b13-8+. The fourth-order valence-corrected chi connectivity index (χ4v) is 4.56. The van der Waals surface area contributed by atoms with Crippen LogP contribution in [-0.2, 0) is 16.1 Å². The van der Waals surface area contributed by atoms with Crippen LogP contribution in [0.4, 0.5) is 15.2 Å². The topological polar surface area (TPSA) is 72.0 Å². The lowest BCUT2D eigenvalue weighted by Crippen LogP contribution is -2.31. The van der Waals surface area contributed by atoms with Gasteiger partial charge in [-0.2, -0.15) is 0 Å². The largest absolute Gasteiger partial charge is 0.497 e. The molecule has 182 valence electrons. The Hall–Kier alpha value is -3.72. The van der Waals surface area contributed by atoms with Crippen molar-refractivity contribution in [1.82, 2.24) is 9.88 Å². The third-order valence-corrected chi connectivity index (χ3v) is 6.45. The van der Waals surface area contributed by atoms with Gasteiger partial charge in [0.05, 0.1) is 32.1 Å². The van der Waals surface area contributed by atoms with E-state index in [0.717, 1.165) is 18.4 Å². The number of carbonyl (C=O) groups is 2. The Kier molecular flexibility index (Phi) is 7.45. The highest BCUT2D eigenvalue weighted by molar-refractivity contribution is 7.14. The van der Waals surface area contributed by atoms with E-state index in [1.54, 1.807) is 37.8 Å². The number of hydrogen-bond donors (Lipinski definition) is 0. The number of ether oxygens (including phenoxy) is 2. The minimum absolute atomic E-state index is 0.133. The molecule has 0 unspecified atom stereocenters. The molecule has 0 aliphatic heterocycles. The molecule has 1 saturated carbocycles. The SMILES string of the molecule is COc1ccc(OC)c(CN(C(=O)/C=C/c2csc(N(C(C)=O)c3ccccc3F)n2)C2CC2)c1. The first-order valence-corrected chi connectivity index (χ1v) is 12.0. The van der Waals surface area contributed by atoms with Gasteiger partial charge in [-0.15, -0.1) is 11.3 Å². The zero-order chi connectivity index (χ0) is 24.9. The molecule has 0 radical (unpaired) electrons. The van der Waals surface area contributed by atoms with E-state index in [2.05, 4.69) is 4.98 Å². The number of nitrogens with zero attached hydrogens (tertiary/aromatic N) is 3. The lowest BCUT2D eigenvalue weighted by atomic mass is 10.1. The minimum atomic E-state index is -0.516. The molecule has 35 heavy (non-hydrogen) atoms. The quantitative estimate of drug-likeness (QED) is 0.382. The number of carbonyl (C=O) groups excluding carboxylic acids is 2. The van der Waals surface area contributed by atoms with Crippen molar-refractivity contribution in [2.24, 2.45) is 0 Å². The van der Waals surface area contributed by atoms with Gasteiger partial charge >= 0.3 is 0 Å². The average molecular weight is 496 g/mol. The van der Waals surface area contributed by atoms with E-state index in [-0.39, 0.29) is 23.5 Å². The number of benzene rings is 2. The number of para-hydroxylation sites is 1. The number of anilines is 2. The number of halogens is 1. The van der Waals surface area contributed by atoms with Crippen molar-refractivity contribution in [2.75, 3.05) is 19.1 Å². The van der Waals surface area contributed by atoms with Crippen molar-refractivity contribution in [2.45, 2.75) is 32.4 Å². The van der Waals surface area contributed by atoms with E-state index in [1.165, 1.54) is 41.4 Å². The van der Waals surface area contributed by atoms with E-state index in [4.69, 9.17) is 9.47 Å². The fourth-order valence-electron chi connectivity index (χ4n) is 3.71. The Labute approximate surface area is 207 Å². The predicted molar refractivity (Wildman–Crippen MR) is 133 cm³/mol. The smallest absolute Gasteiger partial charge is 0.247 e. The van der Waals surface area contributed by atoms with Crippen LogP contribution in [0, 0.1) is 5.82 Å². The number of aromatic nitrogens is 1. The molecule has 0 N–H and O–H groups in total. The molecular weight excluding hydrogens is 469 g/mol. The molecule has 4 rings (SSSR count). The van der Waals surface area contributed by atoms with Crippen molar-refractivity contribution in [3.8, 4) is 11.5 Å². The van der Waals surface area contributed by atoms with Crippen molar-refractivity contribution in [3.05, 3.63) is 71.0 Å². The molecule has 1 heterocycles. The lowest BCUT2D eigenvalue weighted by molar-refractivity contribution is -0.127. The van der Waals surface area contributed by atoms with Gasteiger partial charge in [0.25, 0.3) is 0 Å². The summed E-state index contributed by atoms with van der Waals surface area (Å²) < 4.78 is 25.1. The highest BCUT2D eigenvalue weighted by atomic mass is 32.1. The third-order valence-electron chi connectivity index (χ3n) is 5.61. The zero-order valence-electron chi connectivity index (χ0n) is 19.7. The number of hydrogen-bond acceptors (Lipinski definition) is 6. The first kappa shape index (κ1) is 24.4. The van der Waals surface area contributed by atoms with Crippen LogP contribution in [0.1, 0.15) is 31.0 Å². The number of thiazole rings is 1. The number of rotatable bonds is 9. The fraction of sp³-hybridized carbons (Fsp3) is 0.269. The van der Waals surface area contributed by atoms with Gasteiger partial charge < -0.3 is 14.4 Å². The molecule has 0 saturated heterocycles. The molecule has 0 bridgehead atoms. The summed E-state index contributed by atoms with van der Waals surface area (Å²) in [4.78, 5) is 32.8. The summed E-state index contributed by atoms with van der Waals surface area (Å²) in [5, 5.41) is 2.05. The molecule has 3 aromatic rings. The van der Waals surface area contributed by atoms with Crippen molar-refractivity contribution >= 4 is 40.0 Å². The predicted octanol–water partition coefficient (Wildman–Crippen LogP) is 5.19. The van der Waals surface area contributed by atoms with Gasteiger partial charge in [-0.25, -0.2) is 9.37 Å². The summed E-state index contributed by atoms with van der Waals surface area (Å²) in [5.74, 6) is 0.361. The Balaban J connectivity index is 1.52. The molecule has 7 nitrogen and oxygen atoms in total. The van der Waals surface area contributed by atoms with Crippen LogP contribution in [0.3, 0.4) is 0 Å². The number of methoxy groups -OCH3 is 2. The Bertz CT molecular complexity index is 1250. The molecule has 0 spiro atoms. The monoisotopic (exact) mass is 495 g/mol. The second-order valence-electron chi connectivity index (χ2n) is 8.07. The molecule has 9 heteroatoms. The molecule has 1 aliphatic rings. The summed E-state index contributed by atoms with van der Waals surface area (Å²) >= 11 is 1.20. The van der Waals surface area contributed by atoms with E-state index in [9.17, 15) is 14.0 Å². The number of amides is 2. The Morgan fingerprint density at radius 1 is 1.17 bits per heavy atom. The molecule has 2 amide bonds. The second-order valence-corrected chi connectivity index (χ2v) is 8.91. The maximum atomic E-state index is 14.3. The van der Waals surface area contributed by atoms with Gasteiger partial charge in [-0.1, -0.05) is 12.1 Å². The van der Waals surface area contributed by atoms with Crippen molar-refractivity contribution < 1.29 is 23.5 Å². The van der Waals surface area contributed by atoms with Crippen LogP contribution < -0.4 is 14.4 Å². The van der Waals surface area contributed by atoms with Gasteiger partial charge in [-0.05, 0) is 49.2 Å². The normalized spacial score (nSPS) is 13.0. The van der Waals surface area contributed by atoms with Gasteiger partial charge in [0.15, 0.2) is 5.13 Å². The van der Waals surface area contributed by atoms with Crippen molar-refractivity contribution in [3.63, 3.8) is 0 Å². The van der Waals surface area contributed by atoms with E-state index < -0.39 is 5.82 Å². The van der Waals surface area contributed by atoms with E-state index >= 15 is 0 Å². The summed E-state index contributed by atoms with van der Waals surface area (Å²) in [5.41, 5.74) is 1.50. The molecule has 0 atom stereocenters. The van der Waals surface area contributed by atoms with Crippen LogP contribution in [0.2, 0.25) is 0 Å². The van der Waals surface area contributed by atoms with Gasteiger partial charge in [0.1, 0.15) is 17.3 Å². The summed E-state index contributed by atoms with van der Waals surface area (Å²) in [6.45, 7) is 1.75. The molecule has 1 aromatic heterocycles. The molecule has 1 aliphatic carbocycles. The molecular formula is C26H26FN3O4S. The van der Waals surface area contributed by atoms with Crippen LogP contribution in [0.5, 0.6) is 11.5 Å². The Morgan fingerprint density at radius 2 is 1.94 bits per heavy atom. The minimum Gasteiger partial charge on any atom is -0.497 e. The van der Waals surface area contributed by atoms with Crippen LogP contribution in [0.25, 0.3) is 6.08 Å². The lowest BCUT2D eigenvalue weighted by Gasteiger charge is -2.22. The van der Waals surface area contributed by atoms with Crippen molar-refractivity contribution in [1.29, 1.82) is 0 Å². The van der Waals surface area contributed by atoms with Gasteiger partial charge in [-0.3, -0.25) is 14.5 Å². The summed E-state index contributed by atoms with van der Waals surface area (Å²) in [6, 6.07) is 11.7. The van der Waals surface area contributed by atoms with Crippen LogP contribution in [-0.4, -0.2) is 42.0 Å². The Morgan fingerprint density at radius 3 is 2.60 bits per heavy atom. The maximum absolute atomic E-state index is 14.3. The van der Waals surface area contributed by atoms with Crippen LogP contribution >= 0.6 is 11.3 Å². The average Bonchev–Trinajstić information content (AvgIpc) is 3.59.